The van der Waals surface area contributed by atoms with Crippen LogP contribution in [0, 0.1) is 11.8 Å². The molecule has 1 amide bonds. The van der Waals surface area contributed by atoms with Gasteiger partial charge in [-0.15, -0.1) is 0 Å². The molecule has 218 valence electrons. The minimum absolute atomic E-state index is 0.186. The van der Waals surface area contributed by atoms with Crippen LogP contribution in [-0.2, 0) is 16.0 Å². The zero-order chi connectivity index (χ0) is 28.0. The smallest absolute Gasteiger partial charge is 0.410 e. The molecular weight excluding hydrogens is 494 g/mol. The fourth-order valence-electron chi connectivity index (χ4n) is 6.67. The number of hydrogen-bond acceptors (Lipinski definition) is 6. The molecule has 1 unspecified atom stereocenters. The Hall–Kier alpha value is -2.32. The average Bonchev–Trinajstić information content (AvgIpc) is 2.88. The zero-order valence-electron chi connectivity index (χ0n) is 24.4. The number of hydrogen-bond donors (Lipinski definition) is 1. The van der Waals surface area contributed by atoms with Gasteiger partial charge in [0.25, 0.3) is 0 Å². The summed E-state index contributed by atoms with van der Waals surface area (Å²) >= 11 is 0. The second-order valence-electron chi connectivity index (χ2n) is 12.9. The third-order valence-electron chi connectivity index (χ3n) is 8.77. The van der Waals surface area contributed by atoms with Crippen LogP contribution in [0.25, 0.3) is 0 Å². The number of carbonyl (C=O) groups excluding carboxylic acids is 1. The maximum absolute atomic E-state index is 12.4. The molecule has 0 aliphatic carbocycles. The monoisotopic (exact) mass is 543 g/mol. The van der Waals surface area contributed by atoms with Crippen molar-refractivity contribution in [2.75, 3.05) is 46.4 Å². The fourth-order valence-corrected chi connectivity index (χ4v) is 6.67. The summed E-state index contributed by atoms with van der Waals surface area (Å²) in [5.41, 5.74) is 0.881. The van der Waals surface area contributed by atoms with Crippen LogP contribution in [-0.4, -0.2) is 95.9 Å². The Labute approximate surface area is 234 Å². The number of piperazine rings is 1. The Morgan fingerprint density at radius 3 is 2.33 bits per heavy atom. The predicted molar refractivity (Wildman–Crippen MR) is 152 cm³/mol. The summed E-state index contributed by atoms with van der Waals surface area (Å²) in [6.45, 7) is 11.5. The van der Waals surface area contributed by atoms with E-state index in [2.05, 4.69) is 21.9 Å². The highest BCUT2D eigenvalue weighted by Gasteiger charge is 2.38. The summed E-state index contributed by atoms with van der Waals surface area (Å²) in [6.07, 6.45) is 7.52. The van der Waals surface area contributed by atoms with Gasteiger partial charge in [-0.3, -0.25) is 14.6 Å². The number of amides is 1. The van der Waals surface area contributed by atoms with Gasteiger partial charge in [0.05, 0.1) is 7.11 Å². The van der Waals surface area contributed by atoms with Crippen LogP contribution >= 0.6 is 0 Å². The van der Waals surface area contributed by atoms with Gasteiger partial charge in [-0.2, -0.15) is 0 Å². The molecule has 0 saturated carbocycles. The number of likely N-dealkylation sites (tertiary alicyclic amines) is 1. The van der Waals surface area contributed by atoms with Crippen molar-refractivity contribution >= 4 is 12.1 Å². The van der Waals surface area contributed by atoms with E-state index >= 15 is 0 Å². The minimum Gasteiger partial charge on any atom is -0.497 e. The number of fused-ring (bicyclic) bond motifs is 1. The number of benzene rings is 1. The SMILES string of the molecule is COc1ccc(C[C@H]2CN3CCC(CC(=O)O)C[C@@H]3CN2CCCC2CCN(C(=O)OC(C)(C)C)CC2)cc1. The largest absolute Gasteiger partial charge is 0.497 e. The van der Waals surface area contributed by atoms with E-state index in [9.17, 15) is 14.7 Å². The second-order valence-corrected chi connectivity index (χ2v) is 12.9. The van der Waals surface area contributed by atoms with Gasteiger partial charge in [0.15, 0.2) is 0 Å². The molecule has 39 heavy (non-hydrogen) atoms. The molecule has 0 radical (unpaired) electrons. The van der Waals surface area contributed by atoms with Crippen molar-refractivity contribution in [1.82, 2.24) is 14.7 Å². The van der Waals surface area contributed by atoms with Crippen LogP contribution in [0.2, 0.25) is 0 Å². The molecule has 3 saturated heterocycles. The van der Waals surface area contributed by atoms with E-state index < -0.39 is 11.6 Å². The van der Waals surface area contributed by atoms with E-state index in [1.807, 2.05) is 37.8 Å². The molecule has 8 heteroatoms. The lowest BCUT2D eigenvalue weighted by Crippen LogP contribution is -2.61. The van der Waals surface area contributed by atoms with E-state index in [1.165, 1.54) is 12.0 Å². The first kappa shape index (κ1) is 29.7. The number of aliphatic carboxylic acids is 1. The summed E-state index contributed by atoms with van der Waals surface area (Å²) in [7, 11) is 1.70. The molecule has 0 aromatic heterocycles. The highest BCUT2D eigenvalue weighted by atomic mass is 16.6. The van der Waals surface area contributed by atoms with Gasteiger partial charge >= 0.3 is 12.1 Å². The molecule has 8 nitrogen and oxygen atoms in total. The molecular formula is C31H49N3O5. The van der Waals surface area contributed by atoms with Crippen LogP contribution in [0.4, 0.5) is 4.79 Å². The van der Waals surface area contributed by atoms with Crippen molar-refractivity contribution in [3.05, 3.63) is 29.8 Å². The molecule has 1 N–H and O–H groups in total. The van der Waals surface area contributed by atoms with Crippen LogP contribution in [0.5, 0.6) is 5.75 Å². The van der Waals surface area contributed by atoms with Crippen LogP contribution in [0.1, 0.15) is 71.3 Å². The normalized spacial score (nSPS) is 25.2. The van der Waals surface area contributed by atoms with Crippen molar-refractivity contribution in [1.29, 1.82) is 0 Å². The highest BCUT2D eigenvalue weighted by molar-refractivity contribution is 5.68. The zero-order valence-corrected chi connectivity index (χ0v) is 24.4. The van der Waals surface area contributed by atoms with Crippen molar-refractivity contribution in [2.45, 2.75) is 89.8 Å². The number of methoxy groups -OCH3 is 1. The Morgan fingerprint density at radius 2 is 1.69 bits per heavy atom. The quantitative estimate of drug-likeness (QED) is 0.474. The summed E-state index contributed by atoms with van der Waals surface area (Å²) in [4.78, 5) is 30.9. The van der Waals surface area contributed by atoms with Crippen LogP contribution < -0.4 is 4.74 Å². The Balaban J connectivity index is 1.31. The first-order valence-corrected chi connectivity index (χ1v) is 14.9. The molecule has 0 bridgehead atoms. The maximum atomic E-state index is 12.4. The Morgan fingerprint density at radius 1 is 1.00 bits per heavy atom. The van der Waals surface area contributed by atoms with Crippen LogP contribution in [0.15, 0.2) is 24.3 Å². The number of carbonyl (C=O) groups is 2. The first-order valence-electron chi connectivity index (χ1n) is 14.9. The van der Waals surface area contributed by atoms with E-state index in [4.69, 9.17) is 9.47 Å². The number of piperidine rings is 2. The lowest BCUT2D eigenvalue weighted by Gasteiger charge is -2.50. The number of carboxylic acid groups (broad SMARTS) is 1. The first-order chi connectivity index (χ1) is 18.6. The summed E-state index contributed by atoms with van der Waals surface area (Å²) in [6, 6.07) is 9.37. The molecule has 3 atom stereocenters. The van der Waals surface area contributed by atoms with Gasteiger partial charge in [0.2, 0.25) is 0 Å². The molecule has 4 rings (SSSR count). The van der Waals surface area contributed by atoms with Crippen molar-refractivity contribution in [2.24, 2.45) is 11.8 Å². The Bertz CT molecular complexity index is 939. The molecule has 1 aromatic rings. The summed E-state index contributed by atoms with van der Waals surface area (Å²) in [5.74, 6) is 1.16. The molecule has 0 spiro atoms. The van der Waals surface area contributed by atoms with Gasteiger partial charge in [-0.25, -0.2) is 4.79 Å². The summed E-state index contributed by atoms with van der Waals surface area (Å²) in [5, 5.41) is 9.33. The lowest BCUT2D eigenvalue weighted by atomic mass is 9.85. The number of nitrogens with zero attached hydrogens (tertiary/aromatic N) is 3. The number of carboxylic acids is 1. The molecule has 3 heterocycles. The topological polar surface area (TPSA) is 82.5 Å². The van der Waals surface area contributed by atoms with Crippen LogP contribution in [0.3, 0.4) is 0 Å². The number of ether oxygens (including phenoxy) is 2. The third kappa shape index (κ3) is 8.84. The molecule has 3 fully saturated rings. The Kier molecular flexibility index (Phi) is 10.2. The van der Waals surface area contributed by atoms with Gasteiger partial charge in [-0.05, 0) is 108 Å². The highest BCUT2D eigenvalue weighted by Crippen LogP contribution is 2.32. The van der Waals surface area contributed by atoms with Gasteiger partial charge in [-0.1, -0.05) is 12.1 Å². The van der Waals surface area contributed by atoms with Crippen molar-refractivity contribution in [3.63, 3.8) is 0 Å². The van der Waals surface area contributed by atoms with Crippen molar-refractivity contribution < 1.29 is 24.2 Å². The van der Waals surface area contributed by atoms with Crippen molar-refractivity contribution in [3.8, 4) is 5.75 Å². The molecule has 1 aromatic carbocycles. The lowest BCUT2D eigenvalue weighted by molar-refractivity contribution is -0.138. The van der Waals surface area contributed by atoms with Gasteiger partial charge in [0, 0.05) is 44.7 Å². The standard InChI is InChI=1S/C31H49N3O5/c1-31(2,3)39-30(37)32-15-11-23(12-16-32)6-5-14-33-21-27-19-25(20-29(35)36)13-17-34(27)22-26(33)18-24-7-9-28(38-4)10-8-24/h7-10,23,25-27H,5-6,11-22H2,1-4H3,(H,35,36)/t25?,26-,27+/m0/s1. The molecule has 3 aliphatic rings. The molecule has 3 aliphatic heterocycles. The van der Waals surface area contributed by atoms with E-state index in [1.54, 1.807) is 7.11 Å². The van der Waals surface area contributed by atoms with E-state index in [0.29, 0.717) is 30.3 Å². The average molecular weight is 544 g/mol. The number of rotatable bonds is 9. The predicted octanol–water partition coefficient (Wildman–Crippen LogP) is 4.90. The van der Waals surface area contributed by atoms with E-state index in [0.717, 1.165) is 83.5 Å². The second kappa shape index (κ2) is 13.4. The van der Waals surface area contributed by atoms with E-state index in [-0.39, 0.29) is 6.09 Å². The maximum Gasteiger partial charge on any atom is 0.410 e. The minimum atomic E-state index is -0.670. The third-order valence-corrected chi connectivity index (χ3v) is 8.77. The van der Waals surface area contributed by atoms with Gasteiger partial charge in [0.1, 0.15) is 11.4 Å². The fraction of sp³-hybridized carbons (Fsp3) is 0.742. The van der Waals surface area contributed by atoms with Gasteiger partial charge < -0.3 is 19.5 Å². The summed E-state index contributed by atoms with van der Waals surface area (Å²) < 4.78 is 10.9.